The number of carbonyl (C=O) groups is 1. The van der Waals surface area contributed by atoms with E-state index in [0.29, 0.717) is 16.8 Å². The minimum absolute atomic E-state index is 0.0376. The van der Waals surface area contributed by atoms with Crippen molar-refractivity contribution in [2.45, 2.75) is 24.7 Å². The summed E-state index contributed by atoms with van der Waals surface area (Å²) in [5.41, 5.74) is 1.28. The molecule has 0 aliphatic heterocycles. The van der Waals surface area contributed by atoms with Gasteiger partial charge in [-0.15, -0.1) is 0 Å². The number of hydrogen-bond acceptors (Lipinski definition) is 3. The van der Waals surface area contributed by atoms with Gasteiger partial charge in [0.05, 0.1) is 4.90 Å². The van der Waals surface area contributed by atoms with Crippen LogP contribution in [-0.4, -0.2) is 14.3 Å². The monoisotopic (exact) mass is 336 g/mol. The second-order valence-electron chi connectivity index (χ2n) is 5.16. The van der Waals surface area contributed by atoms with Gasteiger partial charge in [0.25, 0.3) is 0 Å². The van der Waals surface area contributed by atoms with Crippen LogP contribution in [0.2, 0.25) is 0 Å². The summed E-state index contributed by atoms with van der Waals surface area (Å²) >= 11 is 0. The smallest absolute Gasteiger partial charge is 0.238 e. The van der Waals surface area contributed by atoms with E-state index in [1.54, 1.807) is 37.3 Å². The zero-order valence-electron chi connectivity index (χ0n) is 12.5. The molecule has 2 rings (SSSR count). The average molecular weight is 336 g/mol. The number of nitrogens with two attached hydrogens (primary N) is 1. The van der Waals surface area contributed by atoms with Crippen LogP contribution < -0.4 is 10.5 Å². The fourth-order valence-corrected chi connectivity index (χ4v) is 2.97. The number of sulfonamides is 1. The Morgan fingerprint density at radius 1 is 1.22 bits per heavy atom. The Balaban J connectivity index is 2.05. The Morgan fingerprint density at radius 2 is 1.91 bits per heavy atom. The Kier molecular flexibility index (Phi) is 5.12. The van der Waals surface area contributed by atoms with Gasteiger partial charge >= 0.3 is 0 Å². The largest absolute Gasteiger partial charge is 0.326 e. The summed E-state index contributed by atoms with van der Waals surface area (Å²) in [6.45, 7) is 1.61. The standard InChI is InChI=1S/C16H17FN2O3S/c1-11-6-8-13(10-15(11)23(18,21)22)19-16(20)9-7-12-4-2-3-5-14(12)17/h2-6,8,10H,7,9H2,1H3,(H,19,20)(H2,18,21,22). The molecule has 0 saturated carbocycles. The fraction of sp³-hybridized carbons (Fsp3) is 0.188. The van der Waals surface area contributed by atoms with Gasteiger partial charge in [-0.2, -0.15) is 0 Å². The zero-order valence-corrected chi connectivity index (χ0v) is 13.4. The Labute approximate surface area is 134 Å². The van der Waals surface area contributed by atoms with Crippen molar-refractivity contribution < 1.29 is 17.6 Å². The lowest BCUT2D eigenvalue weighted by atomic mass is 10.1. The number of aryl methyl sites for hydroxylation is 2. The predicted molar refractivity (Wildman–Crippen MR) is 85.9 cm³/mol. The number of rotatable bonds is 5. The van der Waals surface area contributed by atoms with E-state index in [1.807, 2.05) is 0 Å². The molecule has 0 heterocycles. The minimum Gasteiger partial charge on any atom is -0.326 e. The SMILES string of the molecule is Cc1ccc(NC(=O)CCc2ccccc2F)cc1S(N)(=O)=O. The van der Waals surface area contributed by atoms with E-state index in [2.05, 4.69) is 5.32 Å². The molecule has 0 unspecified atom stereocenters. The number of amides is 1. The van der Waals surface area contributed by atoms with Gasteiger partial charge in [-0.3, -0.25) is 4.79 Å². The first-order chi connectivity index (χ1) is 10.8. The molecule has 0 aliphatic rings. The lowest BCUT2D eigenvalue weighted by Crippen LogP contribution is -2.16. The first-order valence-electron chi connectivity index (χ1n) is 6.94. The van der Waals surface area contributed by atoms with Gasteiger partial charge in [-0.1, -0.05) is 24.3 Å². The first kappa shape index (κ1) is 17.1. The number of carbonyl (C=O) groups excluding carboxylic acids is 1. The van der Waals surface area contributed by atoms with Crippen LogP contribution in [0.1, 0.15) is 17.5 Å². The molecular weight excluding hydrogens is 319 g/mol. The summed E-state index contributed by atoms with van der Waals surface area (Å²) in [7, 11) is -3.85. The van der Waals surface area contributed by atoms with E-state index in [0.717, 1.165) is 0 Å². The van der Waals surface area contributed by atoms with Crippen LogP contribution in [0.5, 0.6) is 0 Å². The topological polar surface area (TPSA) is 89.3 Å². The van der Waals surface area contributed by atoms with Crippen LogP contribution in [0.4, 0.5) is 10.1 Å². The highest BCUT2D eigenvalue weighted by molar-refractivity contribution is 7.89. The molecule has 0 spiro atoms. The molecule has 0 atom stereocenters. The maximum absolute atomic E-state index is 13.5. The van der Waals surface area contributed by atoms with E-state index in [-0.39, 0.29) is 29.5 Å². The van der Waals surface area contributed by atoms with Crippen LogP contribution >= 0.6 is 0 Å². The van der Waals surface area contributed by atoms with Gasteiger partial charge in [-0.05, 0) is 42.7 Å². The summed E-state index contributed by atoms with van der Waals surface area (Å²) in [5.74, 6) is -0.690. The Morgan fingerprint density at radius 3 is 2.57 bits per heavy atom. The van der Waals surface area contributed by atoms with Gasteiger partial charge in [0, 0.05) is 12.1 Å². The highest BCUT2D eigenvalue weighted by Crippen LogP contribution is 2.19. The molecule has 0 aliphatic carbocycles. The van der Waals surface area contributed by atoms with Gasteiger partial charge < -0.3 is 5.32 Å². The summed E-state index contributed by atoms with van der Waals surface area (Å²) in [4.78, 5) is 11.9. The third kappa shape index (κ3) is 4.61. The molecule has 2 aromatic rings. The highest BCUT2D eigenvalue weighted by atomic mass is 32.2. The molecule has 7 heteroatoms. The van der Waals surface area contributed by atoms with Crippen molar-refractivity contribution in [2.24, 2.45) is 5.14 Å². The highest BCUT2D eigenvalue weighted by Gasteiger charge is 2.13. The van der Waals surface area contributed by atoms with Crippen molar-refractivity contribution in [1.29, 1.82) is 0 Å². The van der Waals surface area contributed by atoms with E-state index in [1.165, 1.54) is 12.1 Å². The second-order valence-corrected chi connectivity index (χ2v) is 6.69. The van der Waals surface area contributed by atoms with Crippen LogP contribution in [0.25, 0.3) is 0 Å². The first-order valence-corrected chi connectivity index (χ1v) is 8.49. The Bertz CT molecular complexity index is 835. The molecule has 0 saturated heterocycles. The van der Waals surface area contributed by atoms with Crippen molar-refractivity contribution in [1.82, 2.24) is 0 Å². The van der Waals surface area contributed by atoms with Crippen LogP contribution in [0, 0.1) is 12.7 Å². The van der Waals surface area contributed by atoms with Crippen molar-refractivity contribution in [2.75, 3.05) is 5.32 Å². The van der Waals surface area contributed by atoms with Crippen molar-refractivity contribution in [3.63, 3.8) is 0 Å². The number of hydrogen-bond donors (Lipinski definition) is 2. The summed E-state index contributed by atoms with van der Waals surface area (Å²) in [5, 5.41) is 7.72. The lowest BCUT2D eigenvalue weighted by molar-refractivity contribution is -0.116. The van der Waals surface area contributed by atoms with Gasteiger partial charge in [0.1, 0.15) is 5.82 Å². The molecule has 23 heavy (non-hydrogen) atoms. The second kappa shape index (κ2) is 6.89. The summed E-state index contributed by atoms with van der Waals surface area (Å²) < 4.78 is 36.4. The molecule has 0 aromatic heterocycles. The van der Waals surface area contributed by atoms with E-state index >= 15 is 0 Å². The van der Waals surface area contributed by atoms with Crippen molar-refractivity contribution in [3.8, 4) is 0 Å². The lowest BCUT2D eigenvalue weighted by Gasteiger charge is -2.09. The van der Waals surface area contributed by atoms with E-state index in [9.17, 15) is 17.6 Å². The molecule has 0 bridgehead atoms. The Hall–Kier alpha value is -2.25. The number of anilines is 1. The van der Waals surface area contributed by atoms with Gasteiger partial charge in [0.15, 0.2) is 0 Å². The molecule has 0 radical (unpaired) electrons. The quantitative estimate of drug-likeness (QED) is 0.878. The molecule has 2 aromatic carbocycles. The number of primary sulfonamides is 1. The van der Waals surface area contributed by atoms with Crippen LogP contribution in [0.3, 0.4) is 0 Å². The van der Waals surface area contributed by atoms with Crippen molar-refractivity contribution >= 4 is 21.6 Å². The maximum atomic E-state index is 13.5. The molecule has 122 valence electrons. The summed E-state index contributed by atoms with van der Waals surface area (Å²) in [6.07, 6.45) is 0.339. The molecule has 3 N–H and O–H groups in total. The molecule has 1 amide bonds. The van der Waals surface area contributed by atoms with Gasteiger partial charge in [-0.25, -0.2) is 17.9 Å². The average Bonchev–Trinajstić information content (AvgIpc) is 2.47. The summed E-state index contributed by atoms with van der Waals surface area (Å²) in [6, 6.07) is 10.7. The van der Waals surface area contributed by atoms with E-state index in [4.69, 9.17) is 5.14 Å². The molecular formula is C16H17FN2O3S. The zero-order chi connectivity index (χ0) is 17.0. The third-order valence-electron chi connectivity index (χ3n) is 3.36. The van der Waals surface area contributed by atoms with Crippen LogP contribution in [-0.2, 0) is 21.2 Å². The molecule has 0 fully saturated rings. The number of benzene rings is 2. The predicted octanol–water partition coefficient (Wildman–Crippen LogP) is 2.35. The fourth-order valence-electron chi connectivity index (χ4n) is 2.16. The van der Waals surface area contributed by atoms with Gasteiger partial charge in [0.2, 0.25) is 15.9 Å². The number of nitrogens with one attached hydrogen (secondary N) is 1. The number of halogens is 1. The normalized spacial score (nSPS) is 11.3. The van der Waals surface area contributed by atoms with E-state index < -0.39 is 10.0 Å². The molecule has 5 nitrogen and oxygen atoms in total. The third-order valence-corrected chi connectivity index (χ3v) is 4.41. The minimum atomic E-state index is -3.85. The maximum Gasteiger partial charge on any atom is 0.238 e. The van der Waals surface area contributed by atoms with Crippen LogP contribution in [0.15, 0.2) is 47.4 Å². The van der Waals surface area contributed by atoms with Crippen molar-refractivity contribution in [3.05, 3.63) is 59.4 Å².